The monoisotopic (exact) mass is 236 g/mol. The Kier molecular flexibility index (Phi) is 2.71. The standard InChI is InChI=1S/C12H16N2O3/c1-12(2,16)7-13-8-4-5-10-9(6-8)14(3)11(15)17-10/h4-6,13,16H,7H2,1-3H3. The van der Waals surface area contributed by atoms with E-state index in [1.165, 1.54) is 4.57 Å². The second kappa shape index (κ2) is 3.92. The largest absolute Gasteiger partial charge is 0.419 e. The first kappa shape index (κ1) is 11.7. The van der Waals surface area contributed by atoms with Crippen molar-refractivity contribution in [1.29, 1.82) is 0 Å². The molecular weight excluding hydrogens is 220 g/mol. The highest BCUT2D eigenvalue weighted by Gasteiger charge is 2.12. The van der Waals surface area contributed by atoms with Gasteiger partial charge in [-0.15, -0.1) is 0 Å². The van der Waals surface area contributed by atoms with E-state index in [1.54, 1.807) is 27.0 Å². The van der Waals surface area contributed by atoms with Crippen molar-refractivity contribution in [1.82, 2.24) is 4.57 Å². The molecule has 2 N–H and O–H groups in total. The van der Waals surface area contributed by atoms with Crippen molar-refractivity contribution >= 4 is 16.8 Å². The molecule has 0 aliphatic carbocycles. The summed E-state index contributed by atoms with van der Waals surface area (Å²) in [5.41, 5.74) is 1.36. The van der Waals surface area contributed by atoms with Crippen LogP contribution in [-0.2, 0) is 7.05 Å². The summed E-state index contributed by atoms with van der Waals surface area (Å²) in [6, 6.07) is 5.38. The molecule has 2 rings (SSSR count). The van der Waals surface area contributed by atoms with Crippen molar-refractivity contribution in [2.45, 2.75) is 19.4 Å². The Morgan fingerprint density at radius 3 is 2.82 bits per heavy atom. The Balaban J connectivity index is 2.31. The smallest absolute Gasteiger partial charge is 0.408 e. The number of oxazole rings is 1. The van der Waals surface area contributed by atoms with Gasteiger partial charge in [-0.25, -0.2) is 4.79 Å². The molecule has 0 unspecified atom stereocenters. The van der Waals surface area contributed by atoms with Crippen LogP contribution in [-0.4, -0.2) is 21.8 Å². The van der Waals surface area contributed by atoms with Gasteiger partial charge in [-0.3, -0.25) is 4.57 Å². The van der Waals surface area contributed by atoms with Crippen LogP contribution in [0.3, 0.4) is 0 Å². The predicted molar refractivity (Wildman–Crippen MR) is 66.2 cm³/mol. The van der Waals surface area contributed by atoms with Gasteiger partial charge < -0.3 is 14.8 Å². The molecule has 5 nitrogen and oxygen atoms in total. The van der Waals surface area contributed by atoms with Gasteiger partial charge in [0.05, 0.1) is 11.1 Å². The van der Waals surface area contributed by atoms with Crippen LogP contribution >= 0.6 is 0 Å². The van der Waals surface area contributed by atoms with Gasteiger partial charge in [0, 0.05) is 19.3 Å². The molecule has 0 atom stereocenters. The van der Waals surface area contributed by atoms with Crippen LogP contribution < -0.4 is 11.1 Å². The fourth-order valence-corrected chi connectivity index (χ4v) is 1.56. The lowest BCUT2D eigenvalue weighted by atomic mass is 10.1. The number of anilines is 1. The second-order valence-electron chi connectivity index (χ2n) is 4.78. The van der Waals surface area contributed by atoms with E-state index in [9.17, 15) is 9.90 Å². The summed E-state index contributed by atoms with van der Waals surface area (Å²) in [6.07, 6.45) is 0. The summed E-state index contributed by atoms with van der Waals surface area (Å²) in [5.74, 6) is -0.375. The molecule has 1 aromatic carbocycles. The quantitative estimate of drug-likeness (QED) is 0.843. The van der Waals surface area contributed by atoms with Crippen LogP contribution in [0.25, 0.3) is 11.1 Å². The first-order valence-electron chi connectivity index (χ1n) is 5.43. The van der Waals surface area contributed by atoms with E-state index >= 15 is 0 Å². The second-order valence-corrected chi connectivity index (χ2v) is 4.78. The minimum Gasteiger partial charge on any atom is -0.408 e. The normalized spacial score (nSPS) is 12.0. The molecular formula is C12H16N2O3. The lowest BCUT2D eigenvalue weighted by Gasteiger charge is -2.18. The molecule has 0 amide bonds. The number of nitrogens with one attached hydrogen (secondary N) is 1. The molecule has 5 heteroatoms. The summed E-state index contributed by atoms with van der Waals surface area (Å²) in [5, 5.41) is 12.7. The third-order valence-electron chi connectivity index (χ3n) is 2.52. The highest BCUT2D eigenvalue weighted by Crippen LogP contribution is 2.18. The molecule has 2 aromatic rings. The number of aliphatic hydroxyl groups is 1. The van der Waals surface area contributed by atoms with Gasteiger partial charge in [-0.1, -0.05) is 0 Å². The number of aromatic nitrogens is 1. The predicted octanol–water partition coefficient (Wildman–Crippen LogP) is 1.31. The molecule has 0 aliphatic rings. The molecule has 0 radical (unpaired) electrons. The van der Waals surface area contributed by atoms with E-state index in [0.29, 0.717) is 12.1 Å². The van der Waals surface area contributed by atoms with Gasteiger partial charge in [0.2, 0.25) is 0 Å². The summed E-state index contributed by atoms with van der Waals surface area (Å²) >= 11 is 0. The van der Waals surface area contributed by atoms with Crippen LogP contribution in [0, 0.1) is 0 Å². The van der Waals surface area contributed by atoms with Gasteiger partial charge >= 0.3 is 5.76 Å². The first-order valence-corrected chi connectivity index (χ1v) is 5.43. The minimum atomic E-state index is -0.781. The van der Waals surface area contributed by atoms with E-state index in [-0.39, 0.29) is 5.76 Å². The van der Waals surface area contributed by atoms with Crippen molar-refractivity contribution in [2.24, 2.45) is 7.05 Å². The third-order valence-corrected chi connectivity index (χ3v) is 2.52. The van der Waals surface area contributed by atoms with Crippen molar-refractivity contribution < 1.29 is 9.52 Å². The van der Waals surface area contributed by atoms with Crippen molar-refractivity contribution in [2.75, 3.05) is 11.9 Å². The van der Waals surface area contributed by atoms with Gasteiger partial charge in [-0.2, -0.15) is 0 Å². The summed E-state index contributed by atoms with van der Waals surface area (Å²) in [6.45, 7) is 3.89. The molecule has 0 saturated carbocycles. The lowest BCUT2D eigenvalue weighted by Crippen LogP contribution is -2.29. The van der Waals surface area contributed by atoms with Crippen LogP contribution in [0.15, 0.2) is 27.4 Å². The molecule has 0 fully saturated rings. The van der Waals surface area contributed by atoms with Crippen LogP contribution in [0.1, 0.15) is 13.8 Å². The topological polar surface area (TPSA) is 67.4 Å². The highest BCUT2D eigenvalue weighted by molar-refractivity contribution is 5.77. The summed E-state index contributed by atoms with van der Waals surface area (Å²) in [4.78, 5) is 11.3. The van der Waals surface area contributed by atoms with Gasteiger partial charge in [0.25, 0.3) is 0 Å². The van der Waals surface area contributed by atoms with Gasteiger partial charge in [-0.05, 0) is 32.0 Å². The van der Waals surface area contributed by atoms with E-state index in [0.717, 1.165) is 11.2 Å². The Labute approximate surface area is 98.7 Å². The zero-order chi connectivity index (χ0) is 12.6. The van der Waals surface area contributed by atoms with Crippen LogP contribution in [0.2, 0.25) is 0 Å². The molecule has 0 saturated heterocycles. The number of fused-ring (bicyclic) bond motifs is 1. The summed E-state index contributed by atoms with van der Waals surface area (Å²) in [7, 11) is 1.66. The highest BCUT2D eigenvalue weighted by atomic mass is 16.4. The average molecular weight is 236 g/mol. The number of rotatable bonds is 3. The van der Waals surface area contributed by atoms with Gasteiger partial charge in [0.15, 0.2) is 5.58 Å². The number of hydrogen-bond acceptors (Lipinski definition) is 4. The van der Waals surface area contributed by atoms with Crippen LogP contribution in [0.5, 0.6) is 0 Å². The van der Waals surface area contributed by atoms with E-state index in [1.807, 2.05) is 12.1 Å². The molecule has 92 valence electrons. The van der Waals surface area contributed by atoms with E-state index < -0.39 is 5.60 Å². The average Bonchev–Trinajstić information content (AvgIpc) is 2.51. The third kappa shape index (κ3) is 2.50. The number of hydrogen-bond donors (Lipinski definition) is 2. The number of aryl methyl sites for hydroxylation is 1. The van der Waals surface area contributed by atoms with Crippen molar-refractivity contribution in [3.8, 4) is 0 Å². The SMILES string of the molecule is Cn1c(=O)oc2ccc(NCC(C)(C)O)cc21. The first-order chi connectivity index (χ1) is 7.87. The number of benzene rings is 1. The molecule has 17 heavy (non-hydrogen) atoms. The molecule has 0 spiro atoms. The zero-order valence-corrected chi connectivity index (χ0v) is 10.2. The van der Waals surface area contributed by atoms with E-state index in [4.69, 9.17) is 4.42 Å². The van der Waals surface area contributed by atoms with Gasteiger partial charge in [0.1, 0.15) is 0 Å². The summed E-state index contributed by atoms with van der Waals surface area (Å²) < 4.78 is 6.48. The Bertz CT molecular complexity index is 590. The molecule has 1 heterocycles. The Morgan fingerprint density at radius 1 is 1.47 bits per heavy atom. The van der Waals surface area contributed by atoms with Crippen molar-refractivity contribution in [3.05, 3.63) is 28.7 Å². The lowest BCUT2D eigenvalue weighted by molar-refractivity contribution is 0.0945. The van der Waals surface area contributed by atoms with Crippen molar-refractivity contribution in [3.63, 3.8) is 0 Å². The maximum Gasteiger partial charge on any atom is 0.419 e. The maximum atomic E-state index is 11.3. The Morgan fingerprint density at radius 2 is 2.18 bits per heavy atom. The fourth-order valence-electron chi connectivity index (χ4n) is 1.56. The molecule has 0 bridgehead atoms. The van der Waals surface area contributed by atoms with Crippen LogP contribution in [0.4, 0.5) is 5.69 Å². The fraction of sp³-hybridized carbons (Fsp3) is 0.417. The maximum absolute atomic E-state index is 11.3. The van der Waals surface area contributed by atoms with E-state index in [2.05, 4.69) is 5.32 Å². The molecule has 1 aromatic heterocycles. The number of nitrogens with zero attached hydrogens (tertiary/aromatic N) is 1. The Hall–Kier alpha value is -1.75. The zero-order valence-electron chi connectivity index (χ0n) is 10.2. The minimum absolute atomic E-state index is 0.375. The molecule has 0 aliphatic heterocycles.